The molecule has 0 heterocycles. The maximum atomic E-state index is 14.1. The van der Waals surface area contributed by atoms with Crippen LogP contribution in [0.2, 0.25) is 0 Å². The van der Waals surface area contributed by atoms with Crippen molar-refractivity contribution in [2.45, 2.75) is 32.7 Å². The van der Waals surface area contributed by atoms with Crippen LogP contribution < -0.4 is 5.73 Å². The van der Waals surface area contributed by atoms with Crippen molar-refractivity contribution in [2.24, 2.45) is 11.1 Å². The summed E-state index contributed by atoms with van der Waals surface area (Å²) >= 11 is 0. The van der Waals surface area contributed by atoms with E-state index in [2.05, 4.69) is 0 Å². The summed E-state index contributed by atoms with van der Waals surface area (Å²) in [7, 11) is 0. The van der Waals surface area contributed by atoms with Crippen LogP contribution in [0.15, 0.2) is 24.3 Å². The van der Waals surface area contributed by atoms with Gasteiger partial charge in [0, 0.05) is 11.6 Å². The van der Waals surface area contributed by atoms with Crippen LogP contribution in [-0.4, -0.2) is 0 Å². The van der Waals surface area contributed by atoms with Crippen molar-refractivity contribution in [2.75, 3.05) is 0 Å². The van der Waals surface area contributed by atoms with Gasteiger partial charge in [0.05, 0.1) is 6.07 Å². The van der Waals surface area contributed by atoms with Gasteiger partial charge in [-0.3, -0.25) is 0 Å². The van der Waals surface area contributed by atoms with E-state index < -0.39 is 11.3 Å². The van der Waals surface area contributed by atoms with E-state index in [0.717, 1.165) is 0 Å². The Kier molecular flexibility index (Phi) is 5.27. The third-order valence-corrected chi connectivity index (χ3v) is 2.84. The molecule has 2 nitrogen and oxygen atoms in total. The Labute approximate surface area is 112 Å². The lowest BCUT2D eigenvalue weighted by atomic mass is 9.82. The zero-order chi connectivity index (χ0) is 13.3. The van der Waals surface area contributed by atoms with Crippen molar-refractivity contribution in [3.05, 3.63) is 35.4 Å². The normalized spacial score (nSPS) is 13.4. The summed E-state index contributed by atoms with van der Waals surface area (Å²) in [5, 5.41) is 8.81. The molecule has 1 atom stereocenters. The zero-order valence-corrected chi connectivity index (χ0v) is 11.4. The second-order valence-corrected chi connectivity index (χ2v) is 4.73. The number of rotatable bonds is 3. The molecule has 0 aliphatic rings. The van der Waals surface area contributed by atoms with Crippen molar-refractivity contribution in [1.29, 1.82) is 5.26 Å². The first kappa shape index (κ1) is 16.8. The predicted molar refractivity (Wildman–Crippen MR) is 69.6 cm³/mol. The van der Waals surface area contributed by atoms with E-state index in [9.17, 15) is 8.78 Å². The van der Waals surface area contributed by atoms with Gasteiger partial charge in [0.1, 0.15) is 5.41 Å². The monoisotopic (exact) mass is 274 g/mol. The van der Waals surface area contributed by atoms with Crippen LogP contribution in [0.1, 0.15) is 37.9 Å². The average molecular weight is 275 g/mol. The molecule has 0 aliphatic carbocycles. The molecule has 1 rings (SSSR count). The van der Waals surface area contributed by atoms with Gasteiger partial charge in [-0.1, -0.05) is 18.2 Å². The van der Waals surface area contributed by atoms with Crippen molar-refractivity contribution >= 4 is 12.4 Å². The van der Waals surface area contributed by atoms with Gasteiger partial charge in [0.25, 0.3) is 5.92 Å². The predicted octanol–water partition coefficient (Wildman–Crippen LogP) is 3.77. The third-order valence-electron chi connectivity index (χ3n) is 2.84. The molecule has 1 aromatic rings. The summed E-state index contributed by atoms with van der Waals surface area (Å²) in [5.41, 5.74) is 4.38. The van der Waals surface area contributed by atoms with Gasteiger partial charge in [-0.15, -0.1) is 12.4 Å². The molecule has 0 fully saturated rings. The van der Waals surface area contributed by atoms with Crippen molar-refractivity contribution < 1.29 is 8.78 Å². The fourth-order valence-electron chi connectivity index (χ4n) is 1.45. The lowest BCUT2D eigenvalue weighted by Gasteiger charge is -2.28. The molecule has 0 aromatic heterocycles. The minimum absolute atomic E-state index is 0. The molecule has 0 amide bonds. The van der Waals surface area contributed by atoms with E-state index in [0.29, 0.717) is 5.56 Å². The largest absolute Gasteiger partial charge is 0.324 e. The summed E-state index contributed by atoms with van der Waals surface area (Å²) in [4.78, 5) is 0. The van der Waals surface area contributed by atoms with Crippen LogP contribution in [0.3, 0.4) is 0 Å². The Bertz CT molecular complexity index is 451. The lowest BCUT2D eigenvalue weighted by Crippen LogP contribution is -2.32. The van der Waals surface area contributed by atoms with Crippen molar-refractivity contribution in [3.8, 4) is 6.07 Å². The molecule has 1 unspecified atom stereocenters. The van der Waals surface area contributed by atoms with Gasteiger partial charge in [0.15, 0.2) is 0 Å². The highest BCUT2D eigenvalue weighted by Gasteiger charge is 2.48. The molecule has 2 N–H and O–H groups in total. The average Bonchev–Trinajstić information content (AvgIpc) is 2.28. The van der Waals surface area contributed by atoms with Gasteiger partial charge in [0.2, 0.25) is 0 Å². The Balaban J connectivity index is 0.00000289. The highest BCUT2D eigenvalue weighted by molar-refractivity contribution is 5.85. The molecule has 100 valence electrons. The van der Waals surface area contributed by atoms with Crippen LogP contribution in [0.4, 0.5) is 8.78 Å². The number of hydrogen-bond acceptors (Lipinski definition) is 2. The van der Waals surface area contributed by atoms with Crippen LogP contribution in [0, 0.1) is 16.7 Å². The molecule has 1 aromatic carbocycles. The SMILES string of the molecule is CC(N)c1cccc(C(F)(F)C(C)(C)C#N)c1.Cl. The van der Waals surface area contributed by atoms with Gasteiger partial charge < -0.3 is 5.73 Å². The Hall–Kier alpha value is -1.18. The summed E-state index contributed by atoms with van der Waals surface area (Å²) < 4.78 is 28.2. The van der Waals surface area contributed by atoms with E-state index >= 15 is 0 Å². The maximum absolute atomic E-state index is 14.1. The van der Waals surface area contributed by atoms with Crippen LogP contribution in [0.5, 0.6) is 0 Å². The smallest absolute Gasteiger partial charge is 0.291 e. The molecule has 0 saturated heterocycles. The lowest BCUT2D eigenvalue weighted by molar-refractivity contribution is -0.0854. The number of benzene rings is 1. The highest BCUT2D eigenvalue weighted by Crippen LogP contribution is 2.44. The second-order valence-electron chi connectivity index (χ2n) is 4.73. The first-order chi connectivity index (χ1) is 7.72. The van der Waals surface area contributed by atoms with Crippen molar-refractivity contribution in [3.63, 3.8) is 0 Å². The molecule has 18 heavy (non-hydrogen) atoms. The van der Waals surface area contributed by atoms with Crippen LogP contribution in [0.25, 0.3) is 0 Å². The molecular weight excluding hydrogens is 258 g/mol. The van der Waals surface area contributed by atoms with E-state index in [1.54, 1.807) is 19.1 Å². The van der Waals surface area contributed by atoms with E-state index in [1.165, 1.54) is 32.0 Å². The topological polar surface area (TPSA) is 49.8 Å². The minimum atomic E-state index is -3.20. The molecular formula is C13H17ClF2N2. The van der Waals surface area contributed by atoms with E-state index in [1.807, 2.05) is 0 Å². The number of nitrogens with two attached hydrogens (primary N) is 1. The Morgan fingerprint density at radius 1 is 1.33 bits per heavy atom. The van der Waals surface area contributed by atoms with Gasteiger partial charge in [-0.05, 0) is 32.4 Å². The molecule has 0 radical (unpaired) electrons. The highest BCUT2D eigenvalue weighted by atomic mass is 35.5. The number of nitriles is 1. The molecule has 0 saturated carbocycles. The van der Waals surface area contributed by atoms with Crippen molar-refractivity contribution in [1.82, 2.24) is 0 Å². The van der Waals surface area contributed by atoms with E-state index in [4.69, 9.17) is 11.0 Å². The summed E-state index contributed by atoms with van der Waals surface area (Å²) in [6.45, 7) is 4.18. The second kappa shape index (κ2) is 5.64. The van der Waals surface area contributed by atoms with Gasteiger partial charge >= 0.3 is 0 Å². The Morgan fingerprint density at radius 3 is 2.33 bits per heavy atom. The fourth-order valence-corrected chi connectivity index (χ4v) is 1.45. The summed E-state index contributed by atoms with van der Waals surface area (Å²) in [6.07, 6.45) is 0. The first-order valence-electron chi connectivity index (χ1n) is 5.37. The fraction of sp³-hybridized carbons (Fsp3) is 0.462. The minimum Gasteiger partial charge on any atom is -0.324 e. The standard InChI is InChI=1S/C13H16F2N2.ClH/c1-9(17)10-5-4-6-11(7-10)13(14,15)12(2,3)8-16;/h4-7,9H,17H2,1-3H3;1H. The maximum Gasteiger partial charge on any atom is 0.291 e. The number of hydrogen-bond donors (Lipinski definition) is 1. The quantitative estimate of drug-likeness (QED) is 0.912. The van der Waals surface area contributed by atoms with Gasteiger partial charge in [-0.25, -0.2) is 0 Å². The van der Waals surface area contributed by atoms with Gasteiger partial charge in [-0.2, -0.15) is 14.0 Å². The number of halogens is 3. The Morgan fingerprint density at radius 2 is 1.89 bits per heavy atom. The zero-order valence-electron chi connectivity index (χ0n) is 10.6. The molecule has 0 spiro atoms. The number of alkyl halides is 2. The molecule has 0 bridgehead atoms. The summed E-state index contributed by atoms with van der Waals surface area (Å²) in [5.74, 6) is -3.20. The van der Waals surface area contributed by atoms with E-state index in [-0.39, 0.29) is 24.0 Å². The third kappa shape index (κ3) is 2.98. The number of nitrogens with zero attached hydrogens (tertiary/aromatic N) is 1. The van der Waals surface area contributed by atoms with Crippen LogP contribution in [-0.2, 0) is 5.92 Å². The molecule has 0 aliphatic heterocycles. The van der Waals surface area contributed by atoms with Crippen LogP contribution >= 0.6 is 12.4 Å². The summed E-state index contributed by atoms with van der Waals surface area (Å²) in [6, 6.07) is 7.26. The molecule has 5 heteroatoms. The first-order valence-corrected chi connectivity index (χ1v) is 5.37.